The maximum atomic E-state index is 11.0. The molecule has 1 rings (SSSR count). The minimum atomic E-state index is 0.0957. The molecule has 1 amide bonds. The van der Waals surface area contributed by atoms with Crippen LogP contribution in [0.2, 0.25) is 0 Å². The van der Waals surface area contributed by atoms with Crippen molar-refractivity contribution < 1.29 is 4.79 Å². The van der Waals surface area contributed by atoms with Crippen LogP contribution in [-0.4, -0.2) is 24.5 Å². The van der Waals surface area contributed by atoms with Crippen LogP contribution in [0, 0.1) is 0 Å². The fourth-order valence-corrected chi connectivity index (χ4v) is 1.46. The van der Waals surface area contributed by atoms with E-state index < -0.39 is 0 Å². The van der Waals surface area contributed by atoms with Crippen LogP contribution in [0.15, 0.2) is 24.5 Å². The average molecular weight is 221 g/mol. The number of nitrogens with zero attached hydrogens (tertiary/aromatic N) is 1. The zero-order valence-electron chi connectivity index (χ0n) is 9.86. The first-order valence-electron chi connectivity index (χ1n) is 5.58. The van der Waals surface area contributed by atoms with Gasteiger partial charge in [-0.05, 0) is 37.6 Å². The summed E-state index contributed by atoms with van der Waals surface area (Å²) in [6, 6.07) is 4.29. The number of carbonyl (C=O) groups excluding carboxylic acids is 1. The SMILES string of the molecule is CNC(=O)CCCN[C@@H](C)c1ccncc1. The van der Waals surface area contributed by atoms with Crippen molar-refractivity contribution in [3.8, 4) is 0 Å². The Bertz CT molecular complexity index is 313. The molecule has 1 aromatic rings. The lowest BCUT2D eigenvalue weighted by Crippen LogP contribution is -2.23. The summed E-state index contributed by atoms with van der Waals surface area (Å²) < 4.78 is 0. The molecule has 4 nitrogen and oxygen atoms in total. The molecule has 0 radical (unpaired) electrons. The van der Waals surface area contributed by atoms with Crippen molar-refractivity contribution in [3.05, 3.63) is 30.1 Å². The first kappa shape index (κ1) is 12.6. The number of hydrogen-bond acceptors (Lipinski definition) is 3. The highest BCUT2D eigenvalue weighted by molar-refractivity contribution is 5.75. The van der Waals surface area contributed by atoms with Crippen molar-refractivity contribution in [1.82, 2.24) is 15.6 Å². The molecule has 1 heterocycles. The van der Waals surface area contributed by atoms with E-state index in [1.165, 1.54) is 5.56 Å². The fourth-order valence-electron chi connectivity index (χ4n) is 1.46. The predicted octanol–water partition coefficient (Wildman–Crippen LogP) is 1.26. The van der Waals surface area contributed by atoms with Gasteiger partial charge in [0.2, 0.25) is 5.91 Å². The zero-order chi connectivity index (χ0) is 11.8. The van der Waals surface area contributed by atoms with Crippen molar-refractivity contribution in [3.63, 3.8) is 0 Å². The van der Waals surface area contributed by atoms with Crippen LogP contribution < -0.4 is 10.6 Å². The number of hydrogen-bond donors (Lipinski definition) is 2. The molecular weight excluding hydrogens is 202 g/mol. The van der Waals surface area contributed by atoms with Gasteiger partial charge in [-0.2, -0.15) is 0 Å². The van der Waals surface area contributed by atoms with Crippen molar-refractivity contribution in [2.75, 3.05) is 13.6 Å². The highest BCUT2D eigenvalue weighted by Gasteiger charge is 2.03. The smallest absolute Gasteiger partial charge is 0.219 e. The normalized spacial score (nSPS) is 12.1. The van der Waals surface area contributed by atoms with Gasteiger partial charge in [-0.15, -0.1) is 0 Å². The van der Waals surface area contributed by atoms with E-state index in [0.29, 0.717) is 12.5 Å². The molecule has 4 heteroatoms. The molecule has 0 spiro atoms. The predicted molar refractivity (Wildman–Crippen MR) is 64.0 cm³/mol. The van der Waals surface area contributed by atoms with E-state index >= 15 is 0 Å². The van der Waals surface area contributed by atoms with Gasteiger partial charge in [0, 0.05) is 31.9 Å². The van der Waals surface area contributed by atoms with E-state index in [2.05, 4.69) is 22.5 Å². The van der Waals surface area contributed by atoms with Gasteiger partial charge in [-0.25, -0.2) is 0 Å². The van der Waals surface area contributed by atoms with Gasteiger partial charge in [-0.3, -0.25) is 9.78 Å². The molecule has 1 atom stereocenters. The molecule has 1 aromatic heterocycles. The lowest BCUT2D eigenvalue weighted by molar-refractivity contribution is -0.120. The van der Waals surface area contributed by atoms with E-state index in [-0.39, 0.29) is 5.91 Å². The van der Waals surface area contributed by atoms with Crippen LogP contribution in [-0.2, 0) is 4.79 Å². The number of nitrogens with one attached hydrogen (secondary N) is 2. The van der Waals surface area contributed by atoms with Crippen LogP contribution in [0.1, 0.15) is 31.4 Å². The van der Waals surface area contributed by atoms with Crippen LogP contribution in [0.4, 0.5) is 0 Å². The van der Waals surface area contributed by atoms with E-state index in [1.54, 1.807) is 19.4 Å². The van der Waals surface area contributed by atoms with Crippen molar-refractivity contribution in [1.29, 1.82) is 0 Å². The topological polar surface area (TPSA) is 54.0 Å². The summed E-state index contributed by atoms with van der Waals surface area (Å²) in [6.45, 7) is 2.95. The lowest BCUT2D eigenvalue weighted by atomic mass is 10.1. The summed E-state index contributed by atoms with van der Waals surface area (Å²) in [7, 11) is 1.66. The van der Waals surface area contributed by atoms with Gasteiger partial charge in [0.25, 0.3) is 0 Å². The molecule has 0 aliphatic rings. The third-order valence-electron chi connectivity index (χ3n) is 2.52. The molecule has 0 unspecified atom stereocenters. The third kappa shape index (κ3) is 4.40. The van der Waals surface area contributed by atoms with Gasteiger partial charge in [0.15, 0.2) is 0 Å². The third-order valence-corrected chi connectivity index (χ3v) is 2.52. The summed E-state index contributed by atoms with van der Waals surface area (Å²) >= 11 is 0. The number of rotatable bonds is 6. The minimum absolute atomic E-state index is 0.0957. The molecular formula is C12H19N3O. The van der Waals surface area contributed by atoms with E-state index in [9.17, 15) is 4.79 Å². The molecule has 0 bridgehead atoms. The Morgan fingerprint density at radius 2 is 2.12 bits per heavy atom. The monoisotopic (exact) mass is 221 g/mol. The number of aromatic nitrogens is 1. The van der Waals surface area contributed by atoms with E-state index in [4.69, 9.17) is 0 Å². The summed E-state index contributed by atoms with van der Waals surface area (Å²) in [5.41, 5.74) is 1.22. The highest BCUT2D eigenvalue weighted by Crippen LogP contribution is 2.09. The Morgan fingerprint density at radius 3 is 2.75 bits per heavy atom. The Kier molecular flexibility index (Phi) is 5.50. The highest BCUT2D eigenvalue weighted by atomic mass is 16.1. The first-order chi connectivity index (χ1) is 7.74. The Morgan fingerprint density at radius 1 is 1.44 bits per heavy atom. The van der Waals surface area contributed by atoms with E-state index in [0.717, 1.165) is 13.0 Å². The second kappa shape index (κ2) is 6.95. The average Bonchev–Trinajstić information content (AvgIpc) is 2.35. The van der Waals surface area contributed by atoms with Crippen molar-refractivity contribution in [2.24, 2.45) is 0 Å². The largest absolute Gasteiger partial charge is 0.359 e. The minimum Gasteiger partial charge on any atom is -0.359 e. The van der Waals surface area contributed by atoms with Gasteiger partial charge in [0.1, 0.15) is 0 Å². The quantitative estimate of drug-likeness (QED) is 0.711. The molecule has 0 fully saturated rings. The fraction of sp³-hybridized carbons (Fsp3) is 0.500. The molecule has 0 aliphatic carbocycles. The number of amides is 1. The van der Waals surface area contributed by atoms with Crippen LogP contribution in [0.25, 0.3) is 0 Å². The molecule has 16 heavy (non-hydrogen) atoms. The molecule has 88 valence electrons. The molecule has 0 saturated heterocycles. The Balaban J connectivity index is 2.21. The standard InChI is InChI=1S/C12H19N3O/c1-10(11-5-8-14-9-6-11)15-7-3-4-12(16)13-2/h5-6,8-10,15H,3-4,7H2,1-2H3,(H,13,16)/t10-/m0/s1. The van der Waals surface area contributed by atoms with E-state index in [1.807, 2.05) is 12.1 Å². The van der Waals surface area contributed by atoms with Crippen molar-refractivity contribution in [2.45, 2.75) is 25.8 Å². The summed E-state index contributed by atoms with van der Waals surface area (Å²) in [5.74, 6) is 0.0957. The summed E-state index contributed by atoms with van der Waals surface area (Å²) in [5, 5.41) is 5.98. The van der Waals surface area contributed by atoms with Gasteiger partial charge < -0.3 is 10.6 Å². The lowest BCUT2D eigenvalue weighted by Gasteiger charge is -2.13. The van der Waals surface area contributed by atoms with Gasteiger partial charge in [-0.1, -0.05) is 0 Å². The maximum Gasteiger partial charge on any atom is 0.219 e. The second-order valence-corrected chi connectivity index (χ2v) is 3.73. The first-order valence-corrected chi connectivity index (χ1v) is 5.58. The zero-order valence-corrected chi connectivity index (χ0v) is 9.86. The Labute approximate surface area is 96.5 Å². The van der Waals surface area contributed by atoms with Gasteiger partial charge >= 0.3 is 0 Å². The van der Waals surface area contributed by atoms with Crippen LogP contribution >= 0.6 is 0 Å². The van der Waals surface area contributed by atoms with Crippen LogP contribution in [0.3, 0.4) is 0 Å². The summed E-state index contributed by atoms with van der Waals surface area (Å²) in [4.78, 5) is 15.0. The molecule has 2 N–H and O–H groups in total. The molecule has 0 aliphatic heterocycles. The molecule has 0 saturated carbocycles. The van der Waals surface area contributed by atoms with Crippen LogP contribution in [0.5, 0.6) is 0 Å². The van der Waals surface area contributed by atoms with Crippen molar-refractivity contribution >= 4 is 5.91 Å². The maximum absolute atomic E-state index is 11.0. The Hall–Kier alpha value is -1.42. The van der Waals surface area contributed by atoms with Gasteiger partial charge in [0.05, 0.1) is 0 Å². The summed E-state index contributed by atoms with van der Waals surface area (Å²) in [6.07, 6.45) is 5.01. The molecule has 0 aromatic carbocycles. The number of pyridine rings is 1. The second-order valence-electron chi connectivity index (χ2n) is 3.73. The number of carbonyl (C=O) groups is 1.